The minimum absolute atomic E-state index is 0.157. The van der Waals surface area contributed by atoms with Crippen molar-refractivity contribution in [1.29, 1.82) is 0 Å². The highest BCUT2D eigenvalue weighted by atomic mass is 32.2. The van der Waals surface area contributed by atoms with Gasteiger partial charge in [-0.1, -0.05) is 37.5 Å². The van der Waals surface area contributed by atoms with Crippen LogP contribution in [-0.2, 0) is 48.3 Å². The minimum Gasteiger partial charge on any atom is -0.458 e. The van der Waals surface area contributed by atoms with Crippen LogP contribution in [0, 0.1) is 30.5 Å². The number of benzene rings is 1. The van der Waals surface area contributed by atoms with E-state index < -0.39 is 53.8 Å². The zero-order valence-corrected chi connectivity index (χ0v) is 34.4. The number of halogens is 1. The van der Waals surface area contributed by atoms with E-state index in [9.17, 15) is 38.3 Å². The second kappa shape index (κ2) is 19.3. The number of fused-ring (bicyclic) bond motifs is 5. The molecule has 5 heterocycles. The van der Waals surface area contributed by atoms with Crippen molar-refractivity contribution in [3.63, 3.8) is 0 Å². The number of aliphatic hydroxyl groups excluding tert-OH is 1. The molecule has 1 aromatic carbocycles. The van der Waals surface area contributed by atoms with E-state index in [1.807, 2.05) is 6.26 Å². The molecule has 6 rings (SSSR count). The number of hydrogen-bond donors (Lipinski definition) is 5. The zero-order valence-electron chi connectivity index (χ0n) is 33.6. The molecule has 0 saturated carbocycles. The van der Waals surface area contributed by atoms with Gasteiger partial charge in [-0.05, 0) is 61.6 Å². The molecule has 314 valence electrons. The fourth-order valence-electron chi connectivity index (χ4n) is 6.97. The van der Waals surface area contributed by atoms with Crippen LogP contribution >= 0.6 is 11.8 Å². The Bertz CT molecular complexity index is 2480. The van der Waals surface area contributed by atoms with Gasteiger partial charge in [0.05, 0.1) is 47.7 Å². The van der Waals surface area contributed by atoms with Gasteiger partial charge in [-0.15, -0.1) is 0 Å². The first-order chi connectivity index (χ1) is 28.7. The molecule has 0 fully saturated rings. The van der Waals surface area contributed by atoms with Gasteiger partial charge in [-0.2, -0.15) is 0 Å². The van der Waals surface area contributed by atoms with Crippen molar-refractivity contribution in [1.82, 2.24) is 40.8 Å². The normalized spacial score (nSPS) is 14.2. The number of aromatic nitrogens is 4. The first-order valence-corrected chi connectivity index (χ1v) is 20.7. The number of carbonyl (C=O) groups excluding carboxylic acids is 5. The number of carbonyl (C=O) groups is 5. The summed E-state index contributed by atoms with van der Waals surface area (Å²) in [4.78, 5) is 89.3. The third kappa shape index (κ3) is 9.97. The topological polar surface area (TPSA) is 224 Å². The van der Waals surface area contributed by atoms with Gasteiger partial charge < -0.3 is 35.7 Å². The average Bonchev–Trinajstić information content (AvgIpc) is 3.60. The summed E-state index contributed by atoms with van der Waals surface area (Å²) in [6.45, 7) is 4.57. The highest BCUT2D eigenvalue weighted by Gasteiger charge is 2.35. The number of cyclic esters (lactones) is 1. The second-order valence-corrected chi connectivity index (χ2v) is 15.5. The van der Waals surface area contributed by atoms with Crippen molar-refractivity contribution in [2.24, 2.45) is 5.92 Å². The predicted octanol–water partition coefficient (Wildman–Crippen LogP) is 2.12. The van der Waals surface area contributed by atoms with Crippen LogP contribution in [0.1, 0.15) is 79.0 Å². The highest BCUT2D eigenvalue weighted by Crippen LogP contribution is 2.38. The van der Waals surface area contributed by atoms with E-state index in [1.165, 1.54) is 22.4 Å². The van der Waals surface area contributed by atoms with Gasteiger partial charge in [-0.3, -0.25) is 24.0 Å². The summed E-state index contributed by atoms with van der Waals surface area (Å²) < 4.78 is 21.2. The van der Waals surface area contributed by atoms with Crippen LogP contribution in [-0.4, -0.2) is 86.2 Å². The Hall–Kier alpha value is -6.19. The molecule has 18 heteroatoms. The molecule has 60 heavy (non-hydrogen) atoms. The van der Waals surface area contributed by atoms with Gasteiger partial charge in [0, 0.05) is 54.4 Å². The number of aryl methyl sites for hydroxylation is 2. The van der Waals surface area contributed by atoms with Gasteiger partial charge in [0.25, 0.3) is 5.56 Å². The summed E-state index contributed by atoms with van der Waals surface area (Å²) in [5.74, 6) is 2.48. The van der Waals surface area contributed by atoms with Crippen LogP contribution in [0.25, 0.3) is 22.3 Å². The van der Waals surface area contributed by atoms with E-state index in [2.05, 4.69) is 43.1 Å². The quantitative estimate of drug-likeness (QED) is 0.0336. The molecule has 0 aliphatic carbocycles. The number of thioether (sulfide) groups is 1. The Morgan fingerprint density at radius 3 is 2.48 bits per heavy atom. The standard InChI is InChI=1S/C42H45FN8O8S/c1-22(2)36(50-33(52)11-7-5-6-9-24-16-47-42(60-4)48-17-24)39(56)46-19-35(54)45-18-34(53)44-12-8-10-25-26-13-23(3)30(43)15-31(26)49-37-28(25)20-51-32(37)14-27-29(40(51)57)21-59-41(58)38(27)55/h13-17,22,36,38,55H,5,7-8,10-12,18-21H2,1-4H3,(H,44,53)(H,45,54)(H,46,56)(H,50,52)/t36?,38-/m0/s1. The number of esters is 1. The molecule has 0 spiro atoms. The zero-order chi connectivity index (χ0) is 43.1. The van der Waals surface area contributed by atoms with Crippen LogP contribution in [0.3, 0.4) is 0 Å². The van der Waals surface area contributed by atoms with Crippen LogP contribution in [0.4, 0.5) is 4.39 Å². The summed E-state index contributed by atoms with van der Waals surface area (Å²) in [7, 11) is 0. The molecule has 4 amide bonds. The average molecular weight is 841 g/mol. The molecule has 1 unspecified atom stereocenters. The maximum absolute atomic E-state index is 14.7. The summed E-state index contributed by atoms with van der Waals surface area (Å²) >= 11 is 1.43. The van der Waals surface area contributed by atoms with Crippen LogP contribution in [0.15, 0.2) is 40.5 Å². The Kier molecular flexibility index (Phi) is 13.9. The number of unbranched alkanes of at least 4 members (excludes halogenated alkanes) is 1. The lowest BCUT2D eigenvalue weighted by atomic mass is 9.95. The van der Waals surface area contributed by atoms with Crippen molar-refractivity contribution in [2.75, 3.05) is 25.9 Å². The predicted molar refractivity (Wildman–Crippen MR) is 219 cm³/mol. The molecule has 5 N–H and O–H groups in total. The highest BCUT2D eigenvalue weighted by molar-refractivity contribution is 7.98. The summed E-state index contributed by atoms with van der Waals surface area (Å²) in [5.41, 5.74) is 3.77. The van der Waals surface area contributed by atoms with E-state index >= 15 is 0 Å². The number of hydrogen-bond acceptors (Lipinski definition) is 12. The first-order valence-electron chi connectivity index (χ1n) is 19.4. The van der Waals surface area contributed by atoms with Crippen LogP contribution in [0.5, 0.6) is 0 Å². The molecular formula is C42H45FN8O8S. The minimum atomic E-state index is -1.61. The summed E-state index contributed by atoms with van der Waals surface area (Å²) in [6.07, 6.45) is 5.52. The lowest BCUT2D eigenvalue weighted by molar-refractivity contribution is -0.157. The molecule has 2 atom stereocenters. The second-order valence-electron chi connectivity index (χ2n) is 14.8. The smallest absolute Gasteiger partial charge is 0.340 e. The van der Waals surface area contributed by atoms with Crippen molar-refractivity contribution in [2.45, 2.75) is 83.3 Å². The number of nitrogens with zero attached hydrogens (tertiary/aromatic N) is 4. The fraction of sp³-hybridized carbons (Fsp3) is 0.405. The molecule has 4 aromatic rings. The monoisotopic (exact) mass is 840 g/mol. The van der Waals surface area contributed by atoms with Crippen molar-refractivity contribution in [3.05, 3.63) is 80.1 Å². The van der Waals surface area contributed by atoms with Gasteiger partial charge in [0.15, 0.2) is 11.3 Å². The first kappa shape index (κ1) is 43.4. The molecular weight excluding hydrogens is 796 g/mol. The molecule has 0 bridgehead atoms. The SMILES string of the molecule is CSc1ncc(C#CCCCC(=O)NC(C(=O)NCC(=O)NCC(=O)NCCCc2c3c(nc4cc(F)c(C)cc24)-c2cc4c(c(=O)n2C3)COC(=O)[C@H]4O)C(C)C)cn1. The van der Waals surface area contributed by atoms with Crippen LogP contribution in [0.2, 0.25) is 0 Å². The van der Waals surface area contributed by atoms with Crippen LogP contribution < -0.4 is 26.8 Å². The van der Waals surface area contributed by atoms with Crippen molar-refractivity contribution < 1.29 is 38.2 Å². The number of ether oxygens (including phenoxy) is 1. The van der Waals surface area contributed by atoms with E-state index in [4.69, 9.17) is 9.72 Å². The number of rotatable bonds is 15. The Morgan fingerprint density at radius 1 is 1.02 bits per heavy atom. The molecule has 3 aromatic heterocycles. The van der Waals surface area contributed by atoms with Gasteiger partial charge >= 0.3 is 5.97 Å². The lowest BCUT2D eigenvalue weighted by Crippen LogP contribution is -2.51. The van der Waals surface area contributed by atoms with Crippen molar-refractivity contribution in [3.8, 4) is 23.2 Å². The summed E-state index contributed by atoms with van der Waals surface area (Å²) in [5, 5.41) is 22.3. The molecule has 2 aliphatic rings. The number of aliphatic hydroxyl groups is 1. The van der Waals surface area contributed by atoms with Gasteiger partial charge in [0.1, 0.15) is 18.5 Å². The third-order valence-electron chi connectivity index (χ3n) is 10.2. The number of amides is 4. The fourth-order valence-corrected chi connectivity index (χ4v) is 7.28. The van der Waals surface area contributed by atoms with E-state index in [0.717, 1.165) is 11.1 Å². The van der Waals surface area contributed by atoms with E-state index in [1.54, 1.807) is 45.3 Å². The summed E-state index contributed by atoms with van der Waals surface area (Å²) in [6, 6.07) is 3.72. The number of pyridine rings is 2. The Balaban J connectivity index is 0.968. The van der Waals surface area contributed by atoms with E-state index in [-0.39, 0.29) is 55.6 Å². The third-order valence-corrected chi connectivity index (χ3v) is 10.7. The molecule has 0 saturated heterocycles. The van der Waals surface area contributed by atoms with Crippen molar-refractivity contribution >= 4 is 52.3 Å². The Morgan fingerprint density at radius 2 is 1.75 bits per heavy atom. The Labute approximate surface area is 348 Å². The molecule has 2 aliphatic heterocycles. The molecule has 16 nitrogen and oxygen atoms in total. The van der Waals surface area contributed by atoms with Gasteiger partial charge in [-0.25, -0.2) is 24.1 Å². The largest absolute Gasteiger partial charge is 0.458 e. The van der Waals surface area contributed by atoms with E-state index in [0.29, 0.717) is 64.3 Å². The molecule has 0 radical (unpaired) electrons. The van der Waals surface area contributed by atoms with Gasteiger partial charge in [0.2, 0.25) is 23.6 Å². The maximum atomic E-state index is 14.7. The maximum Gasteiger partial charge on any atom is 0.340 e. The number of nitrogens with one attached hydrogen (secondary N) is 4. The lowest BCUT2D eigenvalue weighted by Gasteiger charge is -2.21.